The van der Waals surface area contributed by atoms with Gasteiger partial charge in [0.05, 0.1) is 23.7 Å². The number of carboxylic acid groups (broad SMARTS) is 1. The lowest BCUT2D eigenvalue weighted by molar-refractivity contribution is 0.0943. The minimum atomic E-state index is -1.17. The highest BCUT2D eigenvalue weighted by Crippen LogP contribution is 2.07. The van der Waals surface area contributed by atoms with Crippen LogP contribution in [0.25, 0.3) is 0 Å². The Labute approximate surface area is 92.5 Å². The Morgan fingerprint density at radius 1 is 1.44 bits per heavy atom. The number of nitrogens with zero attached hydrogens (tertiary/aromatic N) is 2. The summed E-state index contributed by atoms with van der Waals surface area (Å²) < 4.78 is 0. The first kappa shape index (κ1) is 12.2. The zero-order valence-corrected chi connectivity index (χ0v) is 9.06. The lowest BCUT2D eigenvalue weighted by Crippen LogP contribution is -2.29. The zero-order chi connectivity index (χ0) is 12.2. The third-order valence-electron chi connectivity index (χ3n) is 1.58. The molecule has 7 nitrogen and oxygen atoms in total. The molecule has 1 heterocycles. The highest BCUT2D eigenvalue weighted by atomic mass is 16.4. The molecule has 0 saturated carbocycles. The minimum absolute atomic E-state index is 0.293. The smallest absolute Gasteiger partial charge is 0.409 e. The van der Waals surface area contributed by atoms with Crippen LogP contribution in [0.5, 0.6) is 0 Å². The van der Waals surface area contributed by atoms with E-state index in [-0.39, 0.29) is 0 Å². The molecular formula is C9H14N4O3. The van der Waals surface area contributed by atoms with Crippen LogP contribution in [0.1, 0.15) is 13.8 Å². The molecule has 7 heteroatoms. The van der Waals surface area contributed by atoms with Gasteiger partial charge in [-0.3, -0.25) is 5.32 Å². The molecule has 0 fully saturated rings. The van der Waals surface area contributed by atoms with E-state index in [0.29, 0.717) is 18.2 Å². The van der Waals surface area contributed by atoms with Gasteiger partial charge in [0, 0.05) is 6.54 Å². The Hall–Kier alpha value is -1.89. The number of hydrogen-bond acceptors (Lipinski definition) is 5. The number of rotatable bonds is 4. The van der Waals surface area contributed by atoms with Crippen LogP contribution in [0, 0.1) is 0 Å². The van der Waals surface area contributed by atoms with Gasteiger partial charge in [0.2, 0.25) is 5.95 Å². The van der Waals surface area contributed by atoms with Gasteiger partial charge < -0.3 is 15.5 Å². The van der Waals surface area contributed by atoms with Crippen molar-refractivity contribution in [1.29, 1.82) is 0 Å². The second-order valence-corrected chi connectivity index (χ2v) is 3.89. The van der Waals surface area contributed by atoms with Gasteiger partial charge in [0.1, 0.15) is 0 Å². The van der Waals surface area contributed by atoms with E-state index in [1.807, 2.05) is 0 Å². The van der Waals surface area contributed by atoms with Crippen molar-refractivity contribution in [3.63, 3.8) is 0 Å². The molecule has 1 rings (SSSR count). The maximum atomic E-state index is 10.3. The van der Waals surface area contributed by atoms with Crippen LogP contribution >= 0.6 is 0 Å². The van der Waals surface area contributed by atoms with Crippen molar-refractivity contribution in [2.45, 2.75) is 19.4 Å². The quantitative estimate of drug-likeness (QED) is 0.603. The molecule has 0 radical (unpaired) electrons. The lowest BCUT2D eigenvalue weighted by atomic mass is 10.1. The molecular weight excluding hydrogens is 212 g/mol. The van der Waals surface area contributed by atoms with E-state index in [1.54, 1.807) is 13.8 Å². The highest BCUT2D eigenvalue weighted by Gasteiger charge is 2.12. The fraction of sp³-hybridized carbons (Fsp3) is 0.444. The molecule has 1 amide bonds. The third-order valence-corrected chi connectivity index (χ3v) is 1.58. The first-order valence-electron chi connectivity index (χ1n) is 4.65. The van der Waals surface area contributed by atoms with E-state index in [0.717, 1.165) is 0 Å². The predicted octanol–water partition coefficient (Wildman–Crippen LogP) is 0.749. The Balaban J connectivity index is 2.55. The van der Waals surface area contributed by atoms with E-state index in [4.69, 9.17) is 5.11 Å². The Kier molecular flexibility index (Phi) is 3.62. The van der Waals surface area contributed by atoms with Crippen LogP contribution in [-0.2, 0) is 0 Å². The summed E-state index contributed by atoms with van der Waals surface area (Å²) in [7, 11) is 0. The predicted molar refractivity (Wildman–Crippen MR) is 58.5 cm³/mol. The van der Waals surface area contributed by atoms with Gasteiger partial charge in [-0.1, -0.05) is 0 Å². The molecule has 0 atom stereocenters. The summed E-state index contributed by atoms with van der Waals surface area (Å²) in [4.78, 5) is 18.0. The van der Waals surface area contributed by atoms with E-state index < -0.39 is 11.7 Å². The molecule has 0 bridgehead atoms. The topological polar surface area (TPSA) is 107 Å². The Bertz CT molecular complexity index is 358. The van der Waals surface area contributed by atoms with Gasteiger partial charge in [0.15, 0.2) is 0 Å². The molecule has 0 spiro atoms. The normalized spacial score (nSPS) is 10.9. The first-order valence-corrected chi connectivity index (χ1v) is 4.65. The second-order valence-electron chi connectivity index (χ2n) is 3.89. The third kappa shape index (κ3) is 4.56. The van der Waals surface area contributed by atoms with Crippen LogP contribution in [0.4, 0.5) is 16.4 Å². The number of anilines is 2. The molecule has 0 aliphatic heterocycles. The van der Waals surface area contributed by atoms with E-state index >= 15 is 0 Å². The lowest BCUT2D eigenvalue weighted by Gasteiger charge is -2.17. The minimum Gasteiger partial charge on any atom is -0.465 e. The second kappa shape index (κ2) is 4.75. The molecule has 0 aliphatic rings. The van der Waals surface area contributed by atoms with Crippen molar-refractivity contribution in [2.24, 2.45) is 0 Å². The average molecular weight is 226 g/mol. The molecule has 0 saturated heterocycles. The van der Waals surface area contributed by atoms with E-state index in [2.05, 4.69) is 20.6 Å². The largest absolute Gasteiger partial charge is 0.465 e. The fourth-order valence-electron chi connectivity index (χ4n) is 0.903. The molecule has 4 N–H and O–H groups in total. The van der Waals surface area contributed by atoms with Crippen molar-refractivity contribution < 1.29 is 15.0 Å². The van der Waals surface area contributed by atoms with E-state index in [9.17, 15) is 9.90 Å². The number of aromatic nitrogens is 2. The Morgan fingerprint density at radius 3 is 2.44 bits per heavy atom. The van der Waals surface area contributed by atoms with Crippen LogP contribution in [-0.4, -0.2) is 38.4 Å². The highest BCUT2D eigenvalue weighted by molar-refractivity contribution is 5.82. The molecule has 88 valence electrons. The van der Waals surface area contributed by atoms with Gasteiger partial charge in [-0.25, -0.2) is 14.8 Å². The van der Waals surface area contributed by atoms with Gasteiger partial charge >= 0.3 is 6.09 Å². The van der Waals surface area contributed by atoms with Crippen LogP contribution in [0.15, 0.2) is 12.4 Å². The van der Waals surface area contributed by atoms with Crippen LogP contribution in [0.2, 0.25) is 0 Å². The number of amides is 1. The summed E-state index contributed by atoms with van der Waals surface area (Å²) in [5.74, 6) is 0.332. The van der Waals surface area contributed by atoms with Gasteiger partial charge in [-0.15, -0.1) is 0 Å². The summed E-state index contributed by atoms with van der Waals surface area (Å²) in [6.45, 7) is 3.61. The average Bonchev–Trinajstić information content (AvgIpc) is 2.14. The van der Waals surface area contributed by atoms with Crippen LogP contribution < -0.4 is 10.6 Å². The fourth-order valence-corrected chi connectivity index (χ4v) is 0.903. The summed E-state index contributed by atoms with van der Waals surface area (Å²) >= 11 is 0. The number of hydrogen-bond donors (Lipinski definition) is 4. The number of aliphatic hydroxyl groups is 1. The molecule has 1 aromatic heterocycles. The Morgan fingerprint density at radius 2 is 2.00 bits per heavy atom. The maximum absolute atomic E-state index is 10.3. The number of nitrogens with one attached hydrogen (secondary N) is 2. The van der Waals surface area contributed by atoms with Crippen molar-refractivity contribution in [3.8, 4) is 0 Å². The number of carbonyl (C=O) groups is 1. The molecule has 0 unspecified atom stereocenters. The summed E-state index contributed by atoms with van der Waals surface area (Å²) in [6.07, 6.45) is 1.52. The van der Waals surface area contributed by atoms with Crippen molar-refractivity contribution >= 4 is 17.7 Å². The zero-order valence-electron chi connectivity index (χ0n) is 9.06. The van der Waals surface area contributed by atoms with Crippen molar-refractivity contribution in [1.82, 2.24) is 9.97 Å². The van der Waals surface area contributed by atoms with E-state index in [1.165, 1.54) is 12.4 Å². The van der Waals surface area contributed by atoms with Gasteiger partial charge in [-0.2, -0.15) is 0 Å². The first-order chi connectivity index (χ1) is 7.37. The summed E-state index contributed by atoms with van der Waals surface area (Å²) in [5.41, 5.74) is -0.567. The van der Waals surface area contributed by atoms with Crippen LogP contribution in [0.3, 0.4) is 0 Å². The van der Waals surface area contributed by atoms with Crippen molar-refractivity contribution in [2.75, 3.05) is 17.2 Å². The standard InChI is InChI=1S/C9H14N4O3/c1-9(2,16)5-12-7-10-3-6(4-11-7)13-8(14)15/h3-4,13,16H,5H2,1-2H3,(H,14,15)(H,10,11,12). The SMILES string of the molecule is CC(C)(O)CNc1ncc(NC(=O)O)cn1. The molecule has 0 aliphatic carbocycles. The monoisotopic (exact) mass is 226 g/mol. The van der Waals surface area contributed by atoms with Gasteiger partial charge in [0.25, 0.3) is 0 Å². The molecule has 1 aromatic rings. The maximum Gasteiger partial charge on any atom is 0.409 e. The molecule has 0 aromatic carbocycles. The summed E-state index contributed by atoms with van der Waals surface area (Å²) in [5, 5.41) is 22.8. The molecule has 16 heavy (non-hydrogen) atoms. The van der Waals surface area contributed by atoms with Gasteiger partial charge in [-0.05, 0) is 13.8 Å². The summed E-state index contributed by atoms with van der Waals surface area (Å²) in [6, 6.07) is 0. The van der Waals surface area contributed by atoms with Crippen molar-refractivity contribution in [3.05, 3.63) is 12.4 Å².